The summed E-state index contributed by atoms with van der Waals surface area (Å²) < 4.78 is 5.38. The molecule has 0 bridgehead atoms. The van der Waals surface area contributed by atoms with Crippen molar-refractivity contribution in [1.29, 1.82) is 0 Å². The van der Waals surface area contributed by atoms with Crippen LogP contribution in [-0.4, -0.2) is 36.4 Å². The summed E-state index contributed by atoms with van der Waals surface area (Å²) in [6.07, 6.45) is 2.25. The predicted octanol–water partition coefficient (Wildman–Crippen LogP) is 4.79. The third kappa shape index (κ3) is 7.48. The number of nitrogens with zero attached hydrogens (tertiary/aromatic N) is 1. The molecule has 2 amide bonds. The average molecular weight is 459 g/mol. The minimum Gasteiger partial charge on any atom is -0.497 e. The van der Waals surface area contributed by atoms with Gasteiger partial charge in [0.05, 0.1) is 7.11 Å². The molecule has 1 N–H and O–H groups in total. The van der Waals surface area contributed by atoms with Crippen molar-refractivity contribution < 1.29 is 14.3 Å². The lowest BCUT2D eigenvalue weighted by Crippen LogP contribution is -2.50. The number of hydrogen-bond acceptors (Lipinski definition) is 3. The van der Waals surface area contributed by atoms with Crippen LogP contribution < -0.4 is 10.1 Å². The topological polar surface area (TPSA) is 58.6 Å². The van der Waals surface area contributed by atoms with Crippen LogP contribution in [0, 0.1) is 0 Å². The second-order valence-electron chi connectivity index (χ2n) is 8.36. The van der Waals surface area contributed by atoms with Crippen LogP contribution in [0.25, 0.3) is 0 Å². The number of carbonyl (C=O) groups excluding carboxylic acids is 2. The van der Waals surface area contributed by atoms with Gasteiger partial charge in [-0.25, -0.2) is 0 Å². The van der Waals surface area contributed by atoms with Crippen LogP contribution in [0.3, 0.4) is 0 Å². The molecule has 1 atom stereocenters. The number of hydrogen-bond donors (Lipinski definition) is 1. The molecule has 0 radical (unpaired) electrons. The lowest BCUT2D eigenvalue weighted by molar-refractivity contribution is -0.141. The summed E-state index contributed by atoms with van der Waals surface area (Å²) in [5.41, 5.74) is 3.05. The standard InChI is InChI=1S/C29H34N2O3/c1-3-19-30-29(33)27(21-24-13-8-5-9-14-24)31(22-25-15-10-16-26(20-25)34-2)28(32)18-17-23-11-6-4-7-12-23/h4-16,20,27H,3,17-19,21-22H2,1-2H3,(H,30,33). The van der Waals surface area contributed by atoms with E-state index in [2.05, 4.69) is 5.32 Å². The smallest absolute Gasteiger partial charge is 0.243 e. The number of aryl methyl sites for hydroxylation is 1. The van der Waals surface area contributed by atoms with Crippen molar-refractivity contribution in [2.45, 2.75) is 45.2 Å². The average Bonchev–Trinajstić information content (AvgIpc) is 2.89. The predicted molar refractivity (Wildman–Crippen MR) is 136 cm³/mol. The molecule has 3 aromatic carbocycles. The van der Waals surface area contributed by atoms with E-state index >= 15 is 0 Å². The number of methoxy groups -OCH3 is 1. The normalized spacial score (nSPS) is 11.5. The molecule has 0 aliphatic heterocycles. The molecule has 0 spiro atoms. The molecule has 3 rings (SSSR count). The largest absolute Gasteiger partial charge is 0.497 e. The molecule has 0 heterocycles. The highest BCUT2D eigenvalue weighted by Crippen LogP contribution is 2.19. The van der Waals surface area contributed by atoms with Gasteiger partial charge in [-0.2, -0.15) is 0 Å². The zero-order valence-electron chi connectivity index (χ0n) is 20.1. The Balaban J connectivity index is 1.90. The molecule has 1 unspecified atom stereocenters. The Morgan fingerprint density at radius 1 is 0.882 bits per heavy atom. The van der Waals surface area contributed by atoms with Crippen LogP contribution in [0.15, 0.2) is 84.9 Å². The van der Waals surface area contributed by atoms with E-state index in [1.54, 1.807) is 12.0 Å². The van der Waals surface area contributed by atoms with Crippen LogP contribution in [0.1, 0.15) is 36.5 Å². The number of rotatable bonds is 12. The molecule has 34 heavy (non-hydrogen) atoms. The van der Waals surface area contributed by atoms with E-state index in [0.29, 0.717) is 32.4 Å². The molecule has 5 heteroatoms. The van der Waals surface area contributed by atoms with E-state index < -0.39 is 6.04 Å². The first-order valence-electron chi connectivity index (χ1n) is 11.9. The molecular formula is C29H34N2O3. The monoisotopic (exact) mass is 458 g/mol. The molecule has 0 saturated carbocycles. The van der Waals surface area contributed by atoms with Crippen molar-refractivity contribution in [3.8, 4) is 5.75 Å². The first-order chi connectivity index (χ1) is 16.6. The van der Waals surface area contributed by atoms with Gasteiger partial charge in [0.1, 0.15) is 11.8 Å². The fourth-order valence-electron chi connectivity index (χ4n) is 3.93. The van der Waals surface area contributed by atoms with Crippen LogP contribution in [-0.2, 0) is 29.0 Å². The number of ether oxygens (including phenoxy) is 1. The molecule has 0 saturated heterocycles. The van der Waals surface area contributed by atoms with Crippen LogP contribution in [0.5, 0.6) is 5.75 Å². The Kier molecular flexibility index (Phi) is 9.71. The minimum atomic E-state index is -0.608. The molecule has 3 aromatic rings. The number of nitrogens with one attached hydrogen (secondary N) is 1. The Bertz CT molecular complexity index is 1040. The maximum Gasteiger partial charge on any atom is 0.243 e. The van der Waals surface area contributed by atoms with Gasteiger partial charge in [-0.05, 0) is 41.7 Å². The number of benzene rings is 3. The van der Waals surface area contributed by atoms with Crippen molar-refractivity contribution in [1.82, 2.24) is 10.2 Å². The Hall–Kier alpha value is -3.60. The minimum absolute atomic E-state index is 0.0424. The lowest BCUT2D eigenvalue weighted by atomic mass is 10.0. The van der Waals surface area contributed by atoms with Gasteiger partial charge in [0.2, 0.25) is 11.8 Å². The van der Waals surface area contributed by atoms with Crippen molar-refractivity contribution in [2.75, 3.05) is 13.7 Å². The van der Waals surface area contributed by atoms with E-state index in [1.165, 1.54) is 0 Å². The lowest BCUT2D eigenvalue weighted by Gasteiger charge is -2.32. The Morgan fingerprint density at radius 3 is 2.18 bits per heavy atom. The fourth-order valence-corrected chi connectivity index (χ4v) is 3.93. The zero-order valence-corrected chi connectivity index (χ0v) is 20.1. The maximum atomic E-state index is 13.6. The highest BCUT2D eigenvalue weighted by atomic mass is 16.5. The van der Waals surface area contributed by atoms with Gasteiger partial charge in [-0.1, -0.05) is 79.7 Å². The fraction of sp³-hybridized carbons (Fsp3) is 0.310. The van der Waals surface area contributed by atoms with Gasteiger partial charge in [-0.15, -0.1) is 0 Å². The van der Waals surface area contributed by atoms with Gasteiger partial charge in [-0.3, -0.25) is 9.59 Å². The maximum absolute atomic E-state index is 13.6. The molecule has 0 aliphatic carbocycles. The summed E-state index contributed by atoms with van der Waals surface area (Å²) in [5, 5.41) is 3.01. The van der Waals surface area contributed by atoms with Crippen molar-refractivity contribution in [3.63, 3.8) is 0 Å². The summed E-state index contributed by atoms with van der Waals surface area (Å²) in [4.78, 5) is 28.6. The molecule has 0 aromatic heterocycles. The van der Waals surface area contributed by atoms with Gasteiger partial charge >= 0.3 is 0 Å². The highest BCUT2D eigenvalue weighted by molar-refractivity contribution is 5.88. The SMILES string of the molecule is CCCNC(=O)C(Cc1ccccc1)N(Cc1cccc(OC)c1)C(=O)CCc1ccccc1. The quantitative estimate of drug-likeness (QED) is 0.424. The van der Waals surface area contributed by atoms with Crippen molar-refractivity contribution >= 4 is 11.8 Å². The summed E-state index contributed by atoms with van der Waals surface area (Å²) in [5.74, 6) is 0.560. The number of amides is 2. The van der Waals surface area contributed by atoms with E-state index in [0.717, 1.165) is 28.9 Å². The second kappa shape index (κ2) is 13.2. The zero-order chi connectivity index (χ0) is 24.2. The van der Waals surface area contributed by atoms with Crippen molar-refractivity contribution in [3.05, 3.63) is 102 Å². The Labute approximate surface area is 202 Å². The van der Waals surface area contributed by atoms with E-state index in [1.807, 2.05) is 91.9 Å². The molecule has 5 nitrogen and oxygen atoms in total. The van der Waals surface area contributed by atoms with Crippen LogP contribution in [0.4, 0.5) is 0 Å². The van der Waals surface area contributed by atoms with Crippen molar-refractivity contribution in [2.24, 2.45) is 0 Å². The van der Waals surface area contributed by atoms with E-state index in [-0.39, 0.29) is 11.8 Å². The third-order valence-electron chi connectivity index (χ3n) is 5.78. The molecule has 0 aliphatic rings. The second-order valence-corrected chi connectivity index (χ2v) is 8.36. The first kappa shape index (κ1) is 25.0. The summed E-state index contributed by atoms with van der Waals surface area (Å²) in [6.45, 7) is 2.93. The van der Waals surface area contributed by atoms with Crippen LogP contribution in [0.2, 0.25) is 0 Å². The third-order valence-corrected chi connectivity index (χ3v) is 5.78. The molecule has 0 fully saturated rings. The van der Waals surface area contributed by atoms with E-state index in [9.17, 15) is 9.59 Å². The Morgan fingerprint density at radius 2 is 1.53 bits per heavy atom. The summed E-state index contributed by atoms with van der Waals surface area (Å²) in [6, 6.07) is 26.9. The van der Waals surface area contributed by atoms with Gasteiger partial charge in [0.15, 0.2) is 0 Å². The molecular weight excluding hydrogens is 424 g/mol. The van der Waals surface area contributed by atoms with Gasteiger partial charge in [0.25, 0.3) is 0 Å². The van der Waals surface area contributed by atoms with E-state index in [4.69, 9.17) is 4.74 Å². The summed E-state index contributed by atoms with van der Waals surface area (Å²) >= 11 is 0. The number of carbonyl (C=O) groups is 2. The molecule has 178 valence electrons. The van der Waals surface area contributed by atoms with Gasteiger partial charge < -0.3 is 15.0 Å². The summed E-state index contributed by atoms with van der Waals surface area (Å²) in [7, 11) is 1.62. The highest BCUT2D eigenvalue weighted by Gasteiger charge is 2.30. The van der Waals surface area contributed by atoms with Crippen LogP contribution >= 0.6 is 0 Å². The van der Waals surface area contributed by atoms with Gasteiger partial charge in [0, 0.05) is 25.9 Å². The first-order valence-corrected chi connectivity index (χ1v) is 11.9.